The summed E-state index contributed by atoms with van der Waals surface area (Å²) in [7, 11) is 0. The molecule has 2 aromatic rings. The molecule has 0 unspecified atom stereocenters. The zero-order valence-electron chi connectivity index (χ0n) is 15.6. The van der Waals surface area contributed by atoms with Crippen LogP contribution in [0.1, 0.15) is 6.42 Å². The van der Waals surface area contributed by atoms with Crippen LogP contribution in [0, 0.1) is 15.9 Å². The van der Waals surface area contributed by atoms with E-state index in [0.717, 1.165) is 12.1 Å². The van der Waals surface area contributed by atoms with Crippen LogP contribution in [0.3, 0.4) is 0 Å². The number of carbonyl (C=O) groups excluding carboxylic acids is 2. The summed E-state index contributed by atoms with van der Waals surface area (Å²) in [5, 5.41) is 13.6. The van der Waals surface area contributed by atoms with Crippen LogP contribution in [0.4, 0.5) is 15.8 Å². The third-order valence-electron chi connectivity index (χ3n) is 3.88. The number of halogens is 1. The fourth-order valence-corrected chi connectivity index (χ4v) is 2.52. The van der Waals surface area contributed by atoms with Gasteiger partial charge in [0.15, 0.2) is 36.3 Å². The Balaban J connectivity index is 1.57. The number of hydrogen-bond acceptors (Lipinski definition) is 8. The zero-order valence-corrected chi connectivity index (χ0v) is 15.6. The van der Waals surface area contributed by atoms with Crippen molar-refractivity contribution in [3.63, 3.8) is 0 Å². The van der Waals surface area contributed by atoms with Gasteiger partial charge in [0.05, 0.1) is 24.2 Å². The third-order valence-corrected chi connectivity index (χ3v) is 3.88. The van der Waals surface area contributed by atoms with Gasteiger partial charge in [0.1, 0.15) is 5.69 Å². The van der Waals surface area contributed by atoms with Crippen molar-refractivity contribution in [2.24, 2.45) is 0 Å². The summed E-state index contributed by atoms with van der Waals surface area (Å²) in [4.78, 5) is 34.4. The first-order valence-corrected chi connectivity index (χ1v) is 8.85. The molecule has 2 aromatic carbocycles. The Morgan fingerprint density at radius 3 is 2.53 bits per heavy atom. The lowest BCUT2D eigenvalue weighted by atomic mass is 10.2. The van der Waals surface area contributed by atoms with E-state index in [-0.39, 0.29) is 22.9 Å². The minimum atomic E-state index is -0.915. The Bertz CT molecular complexity index is 966. The van der Waals surface area contributed by atoms with Gasteiger partial charge < -0.3 is 24.3 Å². The Kier molecular flexibility index (Phi) is 6.63. The molecule has 0 bridgehead atoms. The molecule has 0 aromatic heterocycles. The first kappa shape index (κ1) is 20.8. The first-order chi connectivity index (χ1) is 14.4. The molecule has 30 heavy (non-hydrogen) atoms. The van der Waals surface area contributed by atoms with E-state index in [1.54, 1.807) is 0 Å². The Morgan fingerprint density at radius 1 is 1.13 bits per heavy atom. The number of anilines is 1. The van der Waals surface area contributed by atoms with Crippen LogP contribution in [0.25, 0.3) is 0 Å². The van der Waals surface area contributed by atoms with E-state index < -0.39 is 41.5 Å². The van der Waals surface area contributed by atoms with Gasteiger partial charge in [-0.05, 0) is 12.1 Å². The Morgan fingerprint density at radius 2 is 1.83 bits per heavy atom. The second kappa shape index (κ2) is 9.54. The highest BCUT2D eigenvalue weighted by Gasteiger charge is 2.23. The number of ether oxygens (including phenoxy) is 4. The van der Waals surface area contributed by atoms with Gasteiger partial charge in [-0.1, -0.05) is 12.1 Å². The van der Waals surface area contributed by atoms with Crippen LogP contribution in [-0.2, 0) is 14.3 Å². The van der Waals surface area contributed by atoms with E-state index in [9.17, 15) is 24.1 Å². The van der Waals surface area contributed by atoms with Crippen LogP contribution in [0.15, 0.2) is 36.4 Å². The standard InChI is InChI=1S/C19H17FN2O8/c20-12-4-1-2-5-15(12)29-11-19(24)30-10-18(23)21-13-8-16-17(9-14(13)22(25)26)28-7-3-6-27-16/h1-2,4-5,8-9H,3,6-7,10-11H2,(H,21,23). The highest BCUT2D eigenvalue weighted by Crippen LogP contribution is 2.39. The molecule has 1 amide bonds. The molecular formula is C19H17FN2O8. The average molecular weight is 420 g/mol. The summed E-state index contributed by atoms with van der Waals surface area (Å²) < 4.78 is 34.0. The maximum atomic E-state index is 13.4. The number of nitrogens with one attached hydrogen (secondary N) is 1. The lowest BCUT2D eigenvalue weighted by molar-refractivity contribution is -0.384. The number of nitrogens with zero attached hydrogens (tertiary/aromatic N) is 1. The number of fused-ring (bicyclic) bond motifs is 1. The minimum absolute atomic E-state index is 0.132. The maximum Gasteiger partial charge on any atom is 0.344 e. The molecule has 0 atom stereocenters. The van der Waals surface area contributed by atoms with E-state index >= 15 is 0 Å². The summed E-state index contributed by atoms with van der Waals surface area (Å²) in [5.41, 5.74) is -0.533. The molecule has 10 nitrogen and oxygen atoms in total. The largest absolute Gasteiger partial charge is 0.489 e. The fourth-order valence-electron chi connectivity index (χ4n) is 2.52. The van der Waals surface area contributed by atoms with Gasteiger partial charge in [0, 0.05) is 12.5 Å². The molecule has 1 heterocycles. The second-order valence-corrected chi connectivity index (χ2v) is 6.05. The van der Waals surface area contributed by atoms with Gasteiger partial charge in [-0.15, -0.1) is 0 Å². The van der Waals surface area contributed by atoms with Gasteiger partial charge in [-0.3, -0.25) is 14.9 Å². The molecule has 1 aliphatic rings. The highest BCUT2D eigenvalue weighted by atomic mass is 19.1. The summed E-state index contributed by atoms with van der Waals surface area (Å²) in [6, 6.07) is 7.92. The number of nitro benzene ring substituents is 1. The van der Waals surface area contributed by atoms with Gasteiger partial charge in [0.2, 0.25) is 0 Å². The molecule has 3 rings (SSSR count). The molecule has 158 valence electrons. The van der Waals surface area contributed by atoms with Crippen molar-refractivity contribution in [2.75, 3.05) is 31.7 Å². The quantitative estimate of drug-likeness (QED) is 0.411. The predicted octanol–water partition coefficient (Wildman–Crippen LogP) is 2.46. The van der Waals surface area contributed by atoms with E-state index in [1.807, 2.05) is 0 Å². The lowest BCUT2D eigenvalue weighted by Gasteiger charge is -2.11. The molecular weight excluding hydrogens is 403 g/mol. The van der Waals surface area contributed by atoms with Crippen molar-refractivity contribution in [2.45, 2.75) is 6.42 Å². The summed E-state index contributed by atoms with van der Waals surface area (Å²) in [6.07, 6.45) is 0.606. The van der Waals surface area contributed by atoms with Gasteiger partial charge >= 0.3 is 5.97 Å². The maximum absolute atomic E-state index is 13.4. The fraction of sp³-hybridized carbons (Fsp3) is 0.263. The van der Waals surface area contributed by atoms with Gasteiger partial charge in [0.25, 0.3) is 11.6 Å². The molecule has 1 N–H and O–H groups in total. The molecule has 0 radical (unpaired) electrons. The van der Waals surface area contributed by atoms with Crippen molar-refractivity contribution < 1.29 is 37.9 Å². The van der Waals surface area contributed by atoms with Crippen LogP contribution in [-0.4, -0.2) is 43.2 Å². The number of hydrogen-bond donors (Lipinski definition) is 1. The van der Waals surface area contributed by atoms with Crippen molar-refractivity contribution >= 4 is 23.3 Å². The smallest absolute Gasteiger partial charge is 0.344 e. The summed E-state index contributed by atoms with van der Waals surface area (Å²) >= 11 is 0. The topological polar surface area (TPSA) is 126 Å². The van der Waals surface area contributed by atoms with E-state index in [4.69, 9.17) is 18.9 Å². The number of carbonyl (C=O) groups is 2. The van der Waals surface area contributed by atoms with Crippen molar-refractivity contribution in [1.82, 2.24) is 0 Å². The number of amides is 1. The molecule has 0 saturated carbocycles. The van der Waals surface area contributed by atoms with Crippen LogP contribution in [0.5, 0.6) is 17.2 Å². The summed E-state index contributed by atoms with van der Waals surface area (Å²) in [6.45, 7) is -0.623. The zero-order chi connectivity index (χ0) is 21.5. The molecule has 0 spiro atoms. The van der Waals surface area contributed by atoms with E-state index in [1.165, 1.54) is 24.3 Å². The summed E-state index contributed by atoms with van der Waals surface area (Å²) in [5.74, 6) is -2.06. The van der Waals surface area contributed by atoms with Crippen molar-refractivity contribution in [3.8, 4) is 17.2 Å². The highest BCUT2D eigenvalue weighted by molar-refractivity contribution is 5.95. The first-order valence-electron chi connectivity index (χ1n) is 8.85. The number of benzene rings is 2. The minimum Gasteiger partial charge on any atom is -0.489 e. The normalized spacial score (nSPS) is 12.4. The van der Waals surface area contributed by atoms with Crippen LogP contribution in [0.2, 0.25) is 0 Å². The van der Waals surface area contributed by atoms with E-state index in [0.29, 0.717) is 19.6 Å². The number of para-hydroxylation sites is 1. The van der Waals surface area contributed by atoms with Crippen LogP contribution >= 0.6 is 0 Å². The predicted molar refractivity (Wildman–Crippen MR) is 100 cm³/mol. The Hall–Kier alpha value is -3.89. The van der Waals surface area contributed by atoms with Crippen LogP contribution < -0.4 is 19.5 Å². The number of rotatable bonds is 7. The molecule has 0 aliphatic carbocycles. The monoisotopic (exact) mass is 420 g/mol. The Labute approximate surface area is 169 Å². The molecule has 1 aliphatic heterocycles. The van der Waals surface area contributed by atoms with Crippen molar-refractivity contribution in [3.05, 3.63) is 52.3 Å². The number of esters is 1. The average Bonchev–Trinajstić information content (AvgIpc) is 2.95. The SMILES string of the molecule is O=C(COC(=O)COc1ccccc1F)Nc1cc2c(cc1[N+](=O)[O-])OCCCO2. The van der Waals surface area contributed by atoms with Gasteiger partial charge in [-0.25, -0.2) is 9.18 Å². The third kappa shape index (κ3) is 5.34. The molecule has 11 heteroatoms. The lowest BCUT2D eigenvalue weighted by Crippen LogP contribution is -2.24. The number of nitro groups is 1. The van der Waals surface area contributed by atoms with Gasteiger partial charge in [-0.2, -0.15) is 0 Å². The molecule has 0 saturated heterocycles. The second-order valence-electron chi connectivity index (χ2n) is 6.05. The van der Waals surface area contributed by atoms with Crippen molar-refractivity contribution in [1.29, 1.82) is 0 Å². The van der Waals surface area contributed by atoms with E-state index in [2.05, 4.69) is 5.32 Å². The molecule has 0 fully saturated rings.